The van der Waals surface area contributed by atoms with E-state index in [2.05, 4.69) is 5.32 Å². The summed E-state index contributed by atoms with van der Waals surface area (Å²) in [7, 11) is 0. The Balaban J connectivity index is 1.83. The molecule has 0 heterocycles. The van der Waals surface area contributed by atoms with Gasteiger partial charge >= 0.3 is 5.97 Å². The second kappa shape index (κ2) is 8.48. The molecule has 0 unspecified atom stereocenters. The number of benzene rings is 2. The highest BCUT2D eigenvalue weighted by atomic mass is 35.5. The van der Waals surface area contributed by atoms with E-state index in [1.54, 1.807) is 25.1 Å². The van der Waals surface area contributed by atoms with Gasteiger partial charge in [0.1, 0.15) is 11.6 Å². The Morgan fingerprint density at radius 1 is 1.20 bits per heavy atom. The van der Waals surface area contributed by atoms with Crippen LogP contribution < -0.4 is 10.1 Å². The summed E-state index contributed by atoms with van der Waals surface area (Å²) in [6.45, 7) is 2.79. The van der Waals surface area contributed by atoms with E-state index in [1.807, 2.05) is 0 Å². The highest BCUT2D eigenvalue weighted by Crippen LogP contribution is 2.22. The number of esters is 1. The molecule has 2 aromatic rings. The van der Waals surface area contributed by atoms with Crippen LogP contribution in [0.15, 0.2) is 42.5 Å². The maximum Gasteiger partial charge on any atom is 0.347 e. The summed E-state index contributed by atoms with van der Waals surface area (Å²) in [5, 5.41) is 3.14. The smallest absolute Gasteiger partial charge is 0.347 e. The van der Waals surface area contributed by atoms with Crippen molar-refractivity contribution < 1.29 is 23.5 Å². The molecule has 0 aliphatic heterocycles. The normalized spacial score (nSPS) is 11.5. The molecule has 2 rings (SSSR count). The predicted octanol–water partition coefficient (Wildman–Crippen LogP) is 3.74. The number of anilines is 1. The Bertz CT molecular complexity index is 764. The molecule has 1 N–H and O–H groups in total. The van der Waals surface area contributed by atoms with E-state index < -0.39 is 30.4 Å². The van der Waals surface area contributed by atoms with Gasteiger partial charge in [-0.3, -0.25) is 4.79 Å². The molecule has 0 spiro atoms. The van der Waals surface area contributed by atoms with E-state index in [1.165, 1.54) is 31.2 Å². The van der Waals surface area contributed by atoms with Crippen molar-refractivity contribution in [1.29, 1.82) is 0 Å². The largest absolute Gasteiger partial charge is 0.479 e. The highest BCUT2D eigenvalue weighted by molar-refractivity contribution is 6.31. The zero-order chi connectivity index (χ0) is 18.4. The first-order valence-electron chi connectivity index (χ1n) is 7.50. The summed E-state index contributed by atoms with van der Waals surface area (Å²) in [5.74, 6) is -1.28. The first-order chi connectivity index (χ1) is 11.9. The van der Waals surface area contributed by atoms with E-state index in [9.17, 15) is 14.0 Å². The van der Waals surface area contributed by atoms with Gasteiger partial charge in [-0.05, 0) is 55.8 Å². The van der Waals surface area contributed by atoms with Crippen LogP contribution in [0.3, 0.4) is 0 Å². The van der Waals surface area contributed by atoms with Gasteiger partial charge < -0.3 is 14.8 Å². The Morgan fingerprint density at radius 3 is 2.56 bits per heavy atom. The van der Waals surface area contributed by atoms with Gasteiger partial charge in [-0.2, -0.15) is 0 Å². The van der Waals surface area contributed by atoms with Gasteiger partial charge in [-0.25, -0.2) is 9.18 Å². The Morgan fingerprint density at radius 2 is 1.88 bits per heavy atom. The lowest BCUT2D eigenvalue weighted by atomic mass is 10.2. The second-order valence-electron chi connectivity index (χ2n) is 5.28. The number of carbonyl (C=O) groups is 2. The van der Waals surface area contributed by atoms with Gasteiger partial charge in [-0.1, -0.05) is 17.7 Å². The molecule has 7 heteroatoms. The van der Waals surface area contributed by atoms with Crippen molar-refractivity contribution in [2.24, 2.45) is 0 Å². The molecule has 0 radical (unpaired) electrons. The zero-order valence-electron chi connectivity index (χ0n) is 13.7. The van der Waals surface area contributed by atoms with Crippen LogP contribution in [-0.2, 0) is 14.3 Å². The van der Waals surface area contributed by atoms with Gasteiger partial charge in [0, 0.05) is 10.7 Å². The lowest BCUT2D eigenvalue weighted by molar-refractivity contribution is -0.153. The van der Waals surface area contributed by atoms with Crippen molar-refractivity contribution in [3.8, 4) is 5.75 Å². The molecule has 0 aliphatic rings. The van der Waals surface area contributed by atoms with Crippen LogP contribution >= 0.6 is 11.6 Å². The van der Waals surface area contributed by atoms with Crippen molar-refractivity contribution in [2.75, 3.05) is 11.9 Å². The second-order valence-corrected chi connectivity index (χ2v) is 5.69. The molecule has 132 valence electrons. The summed E-state index contributed by atoms with van der Waals surface area (Å²) in [4.78, 5) is 23.8. The van der Waals surface area contributed by atoms with E-state index >= 15 is 0 Å². The fourth-order valence-electron chi connectivity index (χ4n) is 1.95. The topological polar surface area (TPSA) is 64.6 Å². The van der Waals surface area contributed by atoms with Gasteiger partial charge in [0.05, 0.1) is 0 Å². The van der Waals surface area contributed by atoms with Gasteiger partial charge in [0.2, 0.25) is 0 Å². The average molecular weight is 366 g/mol. The predicted molar refractivity (Wildman–Crippen MR) is 92.3 cm³/mol. The molecule has 1 amide bonds. The Labute approximate surface area is 149 Å². The maximum absolute atomic E-state index is 12.8. The quantitative estimate of drug-likeness (QED) is 0.792. The molecule has 0 aliphatic carbocycles. The maximum atomic E-state index is 12.8. The van der Waals surface area contributed by atoms with E-state index in [-0.39, 0.29) is 0 Å². The Hall–Kier alpha value is -2.60. The summed E-state index contributed by atoms with van der Waals surface area (Å²) < 4.78 is 23.1. The fourth-order valence-corrected chi connectivity index (χ4v) is 2.12. The number of carbonyl (C=O) groups excluding carboxylic acids is 2. The van der Waals surface area contributed by atoms with Crippen LogP contribution in [0.5, 0.6) is 5.75 Å². The molecular weight excluding hydrogens is 349 g/mol. The number of halogens is 2. The van der Waals surface area contributed by atoms with Crippen LogP contribution in [0.1, 0.15) is 12.5 Å². The third-order valence-electron chi connectivity index (χ3n) is 3.35. The van der Waals surface area contributed by atoms with Crippen molar-refractivity contribution in [3.05, 3.63) is 58.9 Å². The average Bonchev–Trinajstić information content (AvgIpc) is 2.59. The molecule has 0 saturated heterocycles. The summed E-state index contributed by atoms with van der Waals surface area (Å²) >= 11 is 5.98. The number of hydrogen-bond acceptors (Lipinski definition) is 4. The van der Waals surface area contributed by atoms with E-state index in [0.29, 0.717) is 16.5 Å². The van der Waals surface area contributed by atoms with Gasteiger partial charge in [-0.15, -0.1) is 0 Å². The molecule has 2 aromatic carbocycles. The third kappa shape index (κ3) is 5.46. The third-order valence-corrected chi connectivity index (χ3v) is 3.76. The fraction of sp³-hybridized carbons (Fsp3) is 0.222. The minimum atomic E-state index is -0.939. The SMILES string of the molecule is Cc1c(Cl)cccc1NC(=O)COC(=O)[C@H](C)Oc1ccc(F)cc1. The minimum Gasteiger partial charge on any atom is -0.479 e. The van der Waals surface area contributed by atoms with Crippen molar-refractivity contribution >= 4 is 29.2 Å². The minimum absolute atomic E-state index is 0.324. The number of amides is 1. The van der Waals surface area contributed by atoms with Gasteiger partial charge in [0.15, 0.2) is 12.7 Å². The summed E-state index contributed by atoms with van der Waals surface area (Å²) in [6.07, 6.45) is -0.939. The molecule has 0 fully saturated rings. The number of rotatable bonds is 6. The van der Waals surface area contributed by atoms with Crippen LogP contribution in [0, 0.1) is 12.7 Å². The van der Waals surface area contributed by atoms with Crippen LogP contribution in [-0.4, -0.2) is 24.6 Å². The van der Waals surface area contributed by atoms with E-state index in [4.69, 9.17) is 21.1 Å². The molecule has 0 bridgehead atoms. The first kappa shape index (κ1) is 18.7. The van der Waals surface area contributed by atoms with Crippen molar-refractivity contribution in [3.63, 3.8) is 0 Å². The number of ether oxygens (including phenoxy) is 2. The monoisotopic (exact) mass is 365 g/mol. The Kier molecular flexibility index (Phi) is 6.36. The molecule has 5 nitrogen and oxygen atoms in total. The lowest BCUT2D eigenvalue weighted by Crippen LogP contribution is -2.29. The first-order valence-corrected chi connectivity index (χ1v) is 7.88. The van der Waals surface area contributed by atoms with Crippen LogP contribution in [0.4, 0.5) is 10.1 Å². The summed E-state index contributed by atoms with van der Waals surface area (Å²) in [6, 6.07) is 10.3. The van der Waals surface area contributed by atoms with Crippen molar-refractivity contribution in [1.82, 2.24) is 0 Å². The molecule has 25 heavy (non-hydrogen) atoms. The highest BCUT2D eigenvalue weighted by Gasteiger charge is 2.18. The summed E-state index contributed by atoms with van der Waals surface area (Å²) in [5.41, 5.74) is 1.26. The molecular formula is C18H17ClFNO4. The zero-order valence-corrected chi connectivity index (χ0v) is 14.5. The van der Waals surface area contributed by atoms with E-state index in [0.717, 1.165) is 5.56 Å². The molecule has 1 atom stereocenters. The lowest BCUT2D eigenvalue weighted by Gasteiger charge is -2.14. The standard InChI is InChI=1S/C18H17ClFNO4/c1-11-15(19)4-3-5-16(11)21-17(22)10-24-18(23)12(2)25-14-8-6-13(20)7-9-14/h3-9,12H,10H2,1-2H3,(H,21,22)/t12-/m0/s1. The van der Waals surface area contributed by atoms with Crippen molar-refractivity contribution in [2.45, 2.75) is 20.0 Å². The molecule has 0 aromatic heterocycles. The number of nitrogens with one attached hydrogen (secondary N) is 1. The molecule has 0 saturated carbocycles. The van der Waals surface area contributed by atoms with Crippen LogP contribution in [0.2, 0.25) is 5.02 Å². The van der Waals surface area contributed by atoms with Gasteiger partial charge in [0.25, 0.3) is 5.91 Å². The number of hydrogen-bond donors (Lipinski definition) is 1. The van der Waals surface area contributed by atoms with Crippen LogP contribution in [0.25, 0.3) is 0 Å².